The van der Waals surface area contributed by atoms with Crippen LogP contribution in [0.25, 0.3) is 0 Å². The molecule has 0 bridgehead atoms. The van der Waals surface area contributed by atoms with E-state index < -0.39 is 0 Å². The Bertz CT molecular complexity index is 303. The van der Waals surface area contributed by atoms with Crippen LogP contribution < -0.4 is 0 Å². The first-order valence-electron chi connectivity index (χ1n) is 3.44. The molecule has 12 heavy (non-hydrogen) atoms. The number of hydrogen-bond donors (Lipinski definition) is 0. The molecule has 2 nitrogen and oxygen atoms in total. The predicted octanol–water partition coefficient (Wildman–Crippen LogP) is 3.66. The van der Waals surface area contributed by atoms with E-state index in [9.17, 15) is 0 Å². The monoisotopic (exact) mass is 362 g/mol. The molecule has 0 fully saturated rings. The van der Waals surface area contributed by atoms with Crippen molar-refractivity contribution in [1.82, 2.24) is 9.78 Å². The minimum absolute atomic E-state index is 0.0358. The highest BCUT2D eigenvalue weighted by Gasteiger charge is 2.21. The van der Waals surface area contributed by atoms with Crippen LogP contribution in [0.1, 0.15) is 20.8 Å². The maximum absolute atomic E-state index is 5.87. The van der Waals surface area contributed by atoms with Crippen LogP contribution in [0.2, 0.25) is 5.15 Å². The van der Waals surface area contributed by atoms with E-state index in [1.54, 1.807) is 0 Å². The first-order valence-corrected chi connectivity index (χ1v) is 5.69. The van der Waals surface area contributed by atoms with Gasteiger partial charge in [-0.2, -0.15) is 5.10 Å². The van der Waals surface area contributed by atoms with Gasteiger partial charge in [-0.3, -0.25) is 4.68 Å². The largest absolute Gasteiger partial charge is 0.251 e. The molecule has 0 saturated carbocycles. The highest BCUT2D eigenvalue weighted by atomic mass is 127. The molecule has 0 aliphatic rings. The Labute approximate surface area is 98.9 Å². The Morgan fingerprint density at radius 2 is 2.00 bits per heavy atom. The van der Waals surface area contributed by atoms with Crippen LogP contribution in [0.15, 0.2) is 4.60 Å². The summed E-state index contributed by atoms with van der Waals surface area (Å²) in [6.45, 7) is 6.24. The molecule has 1 rings (SSSR count). The third-order valence-electron chi connectivity index (χ3n) is 1.37. The molecule has 0 atom stereocenters. The van der Waals surface area contributed by atoms with Gasteiger partial charge >= 0.3 is 0 Å². The van der Waals surface area contributed by atoms with Crippen LogP contribution in [-0.4, -0.2) is 9.78 Å². The van der Waals surface area contributed by atoms with Crippen LogP contribution in [-0.2, 0) is 5.54 Å². The van der Waals surface area contributed by atoms with E-state index in [4.69, 9.17) is 11.6 Å². The number of rotatable bonds is 0. The van der Waals surface area contributed by atoms with Crippen LogP contribution in [0.5, 0.6) is 0 Å². The van der Waals surface area contributed by atoms with Crippen molar-refractivity contribution < 1.29 is 0 Å². The molecule has 0 unspecified atom stereocenters. The third kappa shape index (κ3) is 1.96. The normalized spacial score (nSPS) is 12.2. The fourth-order valence-electron chi connectivity index (χ4n) is 0.798. The standard InChI is InChI=1S/C7H9BrClIN2/c1-7(2,3)12-5(8)4(10)6(9)11-12/h1-3H3. The quantitative estimate of drug-likeness (QED) is 0.644. The lowest BCUT2D eigenvalue weighted by molar-refractivity contribution is 0.348. The van der Waals surface area contributed by atoms with Gasteiger partial charge in [0.15, 0.2) is 5.15 Å². The number of aromatic nitrogens is 2. The van der Waals surface area contributed by atoms with Gasteiger partial charge in [-0.15, -0.1) is 0 Å². The van der Waals surface area contributed by atoms with Crippen molar-refractivity contribution in [2.24, 2.45) is 0 Å². The second kappa shape index (κ2) is 3.46. The summed E-state index contributed by atoms with van der Waals surface area (Å²) in [5, 5.41) is 4.76. The molecular formula is C7H9BrClIN2. The molecule has 0 aromatic carbocycles. The Hall–Kier alpha value is 0.710. The average molecular weight is 363 g/mol. The van der Waals surface area contributed by atoms with E-state index in [0.29, 0.717) is 5.15 Å². The zero-order valence-corrected chi connectivity index (χ0v) is 11.5. The van der Waals surface area contributed by atoms with Crippen LogP contribution in [0.3, 0.4) is 0 Å². The van der Waals surface area contributed by atoms with Gasteiger partial charge < -0.3 is 0 Å². The summed E-state index contributed by atoms with van der Waals surface area (Å²) in [6, 6.07) is 0. The Balaban J connectivity index is 3.28. The van der Waals surface area contributed by atoms with Gasteiger partial charge in [-0.1, -0.05) is 11.6 Å². The van der Waals surface area contributed by atoms with Crippen LogP contribution >= 0.6 is 50.1 Å². The second-order valence-electron chi connectivity index (χ2n) is 3.48. The van der Waals surface area contributed by atoms with Crippen molar-refractivity contribution in [3.63, 3.8) is 0 Å². The molecule has 0 spiro atoms. The van der Waals surface area contributed by atoms with Crippen molar-refractivity contribution in [2.75, 3.05) is 0 Å². The second-order valence-corrected chi connectivity index (χ2v) is 5.67. The SMILES string of the molecule is CC(C)(C)n1nc(Cl)c(I)c1Br. The van der Waals surface area contributed by atoms with Crippen LogP contribution in [0.4, 0.5) is 0 Å². The van der Waals surface area contributed by atoms with Gasteiger partial charge in [0.05, 0.1) is 9.11 Å². The smallest absolute Gasteiger partial charge is 0.165 e. The average Bonchev–Trinajstić information content (AvgIpc) is 2.15. The van der Waals surface area contributed by atoms with Gasteiger partial charge in [0.1, 0.15) is 4.60 Å². The van der Waals surface area contributed by atoms with Gasteiger partial charge in [-0.25, -0.2) is 0 Å². The molecule has 5 heteroatoms. The molecule has 0 N–H and O–H groups in total. The number of hydrogen-bond acceptors (Lipinski definition) is 1. The summed E-state index contributed by atoms with van der Waals surface area (Å²) >= 11 is 11.5. The minimum atomic E-state index is -0.0358. The molecule has 0 aliphatic carbocycles. The lowest BCUT2D eigenvalue weighted by atomic mass is 10.1. The summed E-state index contributed by atoms with van der Waals surface area (Å²) in [5.41, 5.74) is -0.0358. The highest BCUT2D eigenvalue weighted by molar-refractivity contribution is 14.1. The fraction of sp³-hybridized carbons (Fsp3) is 0.571. The van der Waals surface area contributed by atoms with Crippen molar-refractivity contribution in [2.45, 2.75) is 26.3 Å². The van der Waals surface area contributed by atoms with E-state index in [2.05, 4.69) is 64.4 Å². The van der Waals surface area contributed by atoms with Gasteiger partial charge in [0, 0.05) is 0 Å². The van der Waals surface area contributed by atoms with Crippen molar-refractivity contribution in [1.29, 1.82) is 0 Å². The molecular weight excluding hydrogens is 354 g/mol. The van der Waals surface area contributed by atoms with E-state index in [1.807, 2.05) is 4.68 Å². The lowest BCUT2D eigenvalue weighted by Gasteiger charge is -2.20. The molecule has 68 valence electrons. The summed E-state index contributed by atoms with van der Waals surface area (Å²) in [7, 11) is 0. The molecule has 1 aromatic heterocycles. The molecule has 0 aliphatic heterocycles. The van der Waals surface area contributed by atoms with E-state index >= 15 is 0 Å². The molecule has 0 radical (unpaired) electrons. The number of halogens is 3. The van der Waals surface area contributed by atoms with Gasteiger partial charge in [0.25, 0.3) is 0 Å². The topological polar surface area (TPSA) is 17.8 Å². The summed E-state index contributed by atoms with van der Waals surface area (Å²) in [6.07, 6.45) is 0. The molecule has 0 amide bonds. The molecule has 1 aromatic rings. The fourth-order valence-corrected chi connectivity index (χ4v) is 2.21. The maximum Gasteiger partial charge on any atom is 0.165 e. The zero-order valence-electron chi connectivity index (χ0n) is 7.03. The minimum Gasteiger partial charge on any atom is -0.251 e. The number of nitrogens with zero attached hydrogens (tertiary/aromatic N) is 2. The lowest BCUT2D eigenvalue weighted by Crippen LogP contribution is -2.23. The Morgan fingerprint density at radius 3 is 2.17 bits per heavy atom. The highest BCUT2D eigenvalue weighted by Crippen LogP contribution is 2.30. The zero-order chi connectivity index (χ0) is 9.52. The van der Waals surface area contributed by atoms with Crippen LogP contribution in [0, 0.1) is 3.57 Å². The van der Waals surface area contributed by atoms with Crippen molar-refractivity contribution in [3.8, 4) is 0 Å². The van der Waals surface area contributed by atoms with E-state index in [1.165, 1.54) is 0 Å². The van der Waals surface area contributed by atoms with Gasteiger partial charge in [-0.05, 0) is 59.3 Å². The van der Waals surface area contributed by atoms with Crippen molar-refractivity contribution >= 4 is 50.1 Å². The summed E-state index contributed by atoms with van der Waals surface area (Å²) in [5.74, 6) is 0. The third-order valence-corrected chi connectivity index (χ3v) is 4.45. The van der Waals surface area contributed by atoms with E-state index in [-0.39, 0.29) is 5.54 Å². The van der Waals surface area contributed by atoms with Gasteiger partial charge in [0.2, 0.25) is 0 Å². The Morgan fingerprint density at radius 1 is 1.50 bits per heavy atom. The molecule has 0 saturated heterocycles. The first kappa shape index (κ1) is 10.8. The first-order chi connectivity index (χ1) is 5.34. The summed E-state index contributed by atoms with van der Waals surface area (Å²) in [4.78, 5) is 0. The van der Waals surface area contributed by atoms with Crippen molar-refractivity contribution in [3.05, 3.63) is 13.3 Å². The maximum atomic E-state index is 5.87. The Kier molecular flexibility index (Phi) is 3.11. The van der Waals surface area contributed by atoms with E-state index in [0.717, 1.165) is 8.17 Å². The molecule has 1 heterocycles. The summed E-state index contributed by atoms with van der Waals surface area (Å²) < 4.78 is 3.78. The predicted molar refractivity (Wildman–Crippen MR) is 62.7 cm³/mol.